The van der Waals surface area contributed by atoms with Gasteiger partial charge in [0.15, 0.2) is 5.82 Å². The van der Waals surface area contributed by atoms with Crippen LogP contribution in [0.4, 0.5) is 10.2 Å². The molecule has 5 rings (SSSR count). The van der Waals surface area contributed by atoms with Gasteiger partial charge >= 0.3 is 0 Å². The summed E-state index contributed by atoms with van der Waals surface area (Å²) in [5, 5.41) is 2.84. The Hall–Kier alpha value is -3.32. The number of benzene rings is 2. The van der Waals surface area contributed by atoms with Gasteiger partial charge in [0.25, 0.3) is 5.91 Å². The summed E-state index contributed by atoms with van der Waals surface area (Å²) in [4.78, 5) is 22.9. The van der Waals surface area contributed by atoms with Crippen LogP contribution in [0.25, 0.3) is 22.5 Å². The Morgan fingerprint density at radius 3 is 2.71 bits per heavy atom. The largest absolute Gasteiger partial charge is 0.382 e. The average molecular weight is 417 g/mol. The molecule has 2 aliphatic rings. The number of nitrogens with two attached hydrogens (primary N) is 1. The zero-order chi connectivity index (χ0) is 21.7. The summed E-state index contributed by atoms with van der Waals surface area (Å²) < 4.78 is 14.9. The highest BCUT2D eigenvalue weighted by Crippen LogP contribution is 2.33. The molecule has 2 aromatic carbocycles. The molecule has 158 valence electrons. The van der Waals surface area contributed by atoms with E-state index in [0.29, 0.717) is 23.4 Å². The third-order valence-electron chi connectivity index (χ3n) is 6.21. The minimum atomic E-state index is -0.679. The van der Waals surface area contributed by atoms with Gasteiger partial charge < -0.3 is 16.0 Å². The predicted octanol–water partition coefficient (Wildman–Crippen LogP) is 3.11. The highest BCUT2D eigenvalue weighted by atomic mass is 19.1. The van der Waals surface area contributed by atoms with Gasteiger partial charge in [-0.1, -0.05) is 6.07 Å². The van der Waals surface area contributed by atoms with Gasteiger partial charge in [-0.3, -0.25) is 4.79 Å². The molecule has 0 unspecified atom stereocenters. The molecule has 0 aliphatic carbocycles. The lowest BCUT2D eigenvalue weighted by molar-refractivity contribution is 0.0946. The van der Waals surface area contributed by atoms with Gasteiger partial charge in [-0.25, -0.2) is 4.98 Å². The first-order valence-electron chi connectivity index (χ1n) is 10.5. The lowest BCUT2D eigenvalue weighted by Crippen LogP contribution is -2.31. The summed E-state index contributed by atoms with van der Waals surface area (Å²) in [5.74, 6) is -0.723. The maximum atomic E-state index is 14.9. The number of aryl methyl sites for hydroxylation is 1. The highest BCUT2D eigenvalue weighted by molar-refractivity contribution is 5.97. The lowest BCUT2D eigenvalue weighted by Gasteiger charge is -2.27. The molecule has 7 heteroatoms. The van der Waals surface area contributed by atoms with Crippen molar-refractivity contribution in [2.45, 2.75) is 26.3 Å². The van der Waals surface area contributed by atoms with Crippen LogP contribution >= 0.6 is 0 Å². The number of fused-ring (bicyclic) bond motifs is 2. The van der Waals surface area contributed by atoms with Crippen LogP contribution in [-0.4, -0.2) is 40.9 Å². The van der Waals surface area contributed by atoms with Gasteiger partial charge in [-0.2, -0.15) is 9.37 Å². The molecule has 0 saturated carbocycles. The quantitative estimate of drug-likeness (QED) is 0.669. The van der Waals surface area contributed by atoms with Crippen molar-refractivity contribution in [3.63, 3.8) is 0 Å². The Labute approximate surface area is 180 Å². The van der Waals surface area contributed by atoms with E-state index in [1.165, 1.54) is 11.1 Å². The van der Waals surface area contributed by atoms with Crippen molar-refractivity contribution in [1.82, 2.24) is 20.2 Å². The molecular weight excluding hydrogens is 393 g/mol. The summed E-state index contributed by atoms with van der Waals surface area (Å²) in [5.41, 5.74) is 13.4. The maximum Gasteiger partial charge on any atom is 0.251 e. The van der Waals surface area contributed by atoms with E-state index >= 15 is 0 Å². The zero-order valence-electron chi connectivity index (χ0n) is 17.6. The zero-order valence-corrected chi connectivity index (χ0v) is 17.6. The minimum absolute atomic E-state index is 0.0378. The number of carbonyl (C=O) groups is 1. The first kappa shape index (κ1) is 19.6. The van der Waals surface area contributed by atoms with E-state index in [2.05, 4.69) is 34.2 Å². The van der Waals surface area contributed by atoms with Crippen LogP contribution in [-0.2, 0) is 19.4 Å². The third-order valence-corrected chi connectivity index (χ3v) is 6.21. The van der Waals surface area contributed by atoms with Gasteiger partial charge in [-0.15, -0.1) is 0 Å². The number of amides is 1. The van der Waals surface area contributed by atoms with Crippen molar-refractivity contribution in [2.24, 2.45) is 0 Å². The van der Waals surface area contributed by atoms with E-state index in [9.17, 15) is 9.18 Å². The Balaban J connectivity index is 1.61. The summed E-state index contributed by atoms with van der Waals surface area (Å²) in [6.45, 7) is 4.50. The van der Waals surface area contributed by atoms with Crippen LogP contribution in [0.5, 0.6) is 0 Å². The van der Waals surface area contributed by atoms with Crippen LogP contribution in [0.15, 0.2) is 30.3 Å². The molecule has 1 aromatic heterocycles. The molecule has 0 saturated heterocycles. The number of nitrogens with zero attached hydrogens (tertiary/aromatic N) is 3. The summed E-state index contributed by atoms with van der Waals surface area (Å²) >= 11 is 0. The van der Waals surface area contributed by atoms with Gasteiger partial charge in [-0.05, 0) is 73.3 Å². The number of carbonyl (C=O) groups excluding carboxylic acids is 1. The molecule has 3 heterocycles. The number of anilines is 1. The van der Waals surface area contributed by atoms with Crippen LogP contribution < -0.4 is 11.1 Å². The number of aromatic nitrogens is 2. The van der Waals surface area contributed by atoms with E-state index < -0.39 is 5.95 Å². The highest BCUT2D eigenvalue weighted by Gasteiger charge is 2.22. The molecule has 1 amide bonds. The molecule has 3 N–H and O–H groups in total. The van der Waals surface area contributed by atoms with Crippen LogP contribution in [0.2, 0.25) is 0 Å². The molecule has 6 nitrogen and oxygen atoms in total. The van der Waals surface area contributed by atoms with Crippen molar-refractivity contribution in [3.8, 4) is 22.5 Å². The van der Waals surface area contributed by atoms with Crippen LogP contribution in [0, 0.1) is 12.9 Å². The SMILES string of the molecule is Cc1cc(-c2nc(-c3ccc4c(c3)CCNC4=O)c(N)nc2F)cc2c1CCN(C)C2. The first-order chi connectivity index (χ1) is 14.9. The summed E-state index contributed by atoms with van der Waals surface area (Å²) in [7, 11) is 2.09. The number of hydrogen-bond donors (Lipinski definition) is 2. The molecule has 2 aliphatic heterocycles. The van der Waals surface area contributed by atoms with Gasteiger partial charge in [0.2, 0.25) is 5.95 Å². The van der Waals surface area contributed by atoms with E-state index in [-0.39, 0.29) is 17.4 Å². The van der Waals surface area contributed by atoms with Crippen LogP contribution in [0.3, 0.4) is 0 Å². The molecule has 0 atom stereocenters. The number of nitrogens with one attached hydrogen (secondary N) is 1. The van der Waals surface area contributed by atoms with Crippen molar-refractivity contribution >= 4 is 11.7 Å². The monoisotopic (exact) mass is 417 g/mol. The topological polar surface area (TPSA) is 84.1 Å². The summed E-state index contributed by atoms with van der Waals surface area (Å²) in [6.07, 6.45) is 1.72. The average Bonchev–Trinajstić information content (AvgIpc) is 2.73. The first-order valence-corrected chi connectivity index (χ1v) is 10.5. The molecular formula is C24H24FN5O. The second-order valence-corrected chi connectivity index (χ2v) is 8.39. The molecule has 0 radical (unpaired) electrons. The molecule has 3 aromatic rings. The third kappa shape index (κ3) is 3.45. The number of nitrogen functional groups attached to an aromatic ring is 1. The van der Waals surface area contributed by atoms with E-state index in [0.717, 1.165) is 42.6 Å². The fourth-order valence-corrected chi connectivity index (χ4v) is 4.60. The Kier molecular flexibility index (Phi) is 4.70. The number of halogens is 1. The van der Waals surface area contributed by atoms with Crippen molar-refractivity contribution in [2.75, 3.05) is 25.9 Å². The lowest BCUT2D eigenvalue weighted by atomic mass is 9.92. The van der Waals surface area contributed by atoms with Crippen molar-refractivity contribution < 1.29 is 9.18 Å². The fourth-order valence-electron chi connectivity index (χ4n) is 4.60. The van der Waals surface area contributed by atoms with Gasteiger partial charge in [0.1, 0.15) is 11.4 Å². The predicted molar refractivity (Wildman–Crippen MR) is 118 cm³/mol. The fraction of sp³-hybridized carbons (Fsp3) is 0.292. The smallest absolute Gasteiger partial charge is 0.251 e. The van der Waals surface area contributed by atoms with Gasteiger partial charge in [0.05, 0.1) is 0 Å². The van der Waals surface area contributed by atoms with E-state index in [1.54, 1.807) is 12.1 Å². The van der Waals surface area contributed by atoms with Crippen molar-refractivity contribution in [3.05, 3.63) is 64.1 Å². The van der Waals surface area contributed by atoms with Gasteiger partial charge in [0, 0.05) is 36.3 Å². The molecule has 0 bridgehead atoms. The number of rotatable bonds is 2. The minimum Gasteiger partial charge on any atom is -0.382 e. The molecule has 0 fully saturated rings. The number of hydrogen-bond acceptors (Lipinski definition) is 5. The van der Waals surface area contributed by atoms with Crippen LogP contribution in [0.1, 0.15) is 32.6 Å². The Morgan fingerprint density at radius 1 is 1.06 bits per heavy atom. The van der Waals surface area contributed by atoms with Crippen molar-refractivity contribution in [1.29, 1.82) is 0 Å². The number of likely N-dealkylation sites (N-methyl/N-ethyl adjacent to an activating group) is 1. The van der Waals surface area contributed by atoms with E-state index in [4.69, 9.17) is 5.73 Å². The Morgan fingerprint density at radius 2 is 1.87 bits per heavy atom. The Bertz CT molecular complexity index is 1220. The molecule has 0 spiro atoms. The second kappa shape index (κ2) is 7.42. The second-order valence-electron chi connectivity index (χ2n) is 8.39. The summed E-state index contributed by atoms with van der Waals surface area (Å²) in [6, 6.07) is 9.46. The standard InChI is InChI=1S/C24H24FN5O/c1-13-9-16(11-17-12-30(2)8-6-18(13)17)20-22(25)29-23(26)21(28-20)15-3-4-19-14(10-15)5-7-27-24(19)31/h3-4,9-11H,5-8,12H2,1-2H3,(H2,26,29)(H,27,31). The van der Waals surface area contributed by atoms with E-state index in [1.807, 2.05) is 18.2 Å². The molecule has 31 heavy (non-hydrogen) atoms. The normalized spacial score (nSPS) is 15.9. The maximum absolute atomic E-state index is 14.9.